The van der Waals surface area contributed by atoms with Crippen LogP contribution in [0.4, 0.5) is 0 Å². The van der Waals surface area contributed by atoms with Crippen molar-refractivity contribution in [3.05, 3.63) is 35.4 Å². The van der Waals surface area contributed by atoms with Gasteiger partial charge in [-0.3, -0.25) is 9.69 Å². The smallest absolute Gasteiger partial charge is 0.323 e. The molecule has 1 aromatic carbocycles. The van der Waals surface area contributed by atoms with Crippen LogP contribution >= 0.6 is 0 Å². The van der Waals surface area contributed by atoms with E-state index >= 15 is 0 Å². The van der Waals surface area contributed by atoms with Crippen LogP contribution in [0, 0.1) is 11.3 Å². The van der Waals surface area contributed by atoms with Crippen LogP contribution < -0.4 is 0 Å². The van der Waals surface area contributed by atoms with E-state index in [2.05, 4.69) is 11.0 Å². The number of nitrogens with zero attached hydrogens (tertiary/aromatic N) is 2. The van der Waals surface area contributed by atoms with Crippen molar-refractivity contribution in [1.29, 1.82) is 5.26 Å². The number of carbonyl (C=O) groups is 1. The second-order valence-electron chi connectivity index (χ2n) is 4.46. The van der Waals surface area contributed by atoms with E-state index in [1.165, 1.54) is 7.11 Å². The summed E-state index contributed by atoms with van der Waals surface area (Å²) in [5.41, 5.74) is 1.71. The number of methoxy groups -OCH3 is 1. The van der Waals surface area contributed by atoms with E-state index in [1.807, 2.05) is 18.2 Å². The molecule has 2 rings (SSSR count). The minimum Gasteiger partial charge on any atom is -0.468 e. The van der Waals surface area contributed by atoms with Crippen LogP contribution in [-0.4, -0.2) is 30.6 Å². The predicted molar refractivity (Wildman–Crippen MR) is 66.6 cm³/mol. The van der Waals surface area contributed by atoms with Crippen molar-refractivity contribution in [2.75, 3.05) is 13.7 Å². The Balaban J connectivity index is 2.08. The first-order chi connectivity index (χ1) is 8.74. The van der Waals surface area contributed by atoms with Crippen molar-refractivity contribution in [2.24, 2.45) is 0 Å². The van der Waals surface area contributed by atoms with Gasteiger partial charge in [-0.2, -0.15) is 5.26 Å². The molecule has 94 valence electrons. The molecule has 4 heteroatoms. The third-order valence-corrected chi connectivity index (χ3v) is 3.28. The molecule has 0 N–H and O–H groups in total. The highest BCUT2D eigenvalue weighted by Gasteiger charge is 2.31. The zero-order valence-corrected chi connectivity index (χ0v) is 10.4. The van der Waals surface area contributed by atoms with Crippen molar-refractivity contribution < 1.29 is 9.53 Å². The number of hydrogen-bond acceptors (Lipinski definition) is 4. The number of ether oxygens (including phenoxy) is 1. The lowest BCUT2D eigenvalue weighted by Gasteiger charge is -2.22. The van der Waals surface area contributed by atoms with E-state index in [0.29, 0.717) is 12.1 Å². The van der Waals surface area contributed by atoms with E-state index in [-0.39, 0.29) is 12.0 Å². The lowest BCUT2D eigenvalue weighted by molar-refractivity contribution is -0.146. The number of likely N-dealkylation sites (tertiary alicyclic amines) is 1. The van der Waals surface area contributed by atoms with Gasteiger partial charge in [0.1, 0.15) is 6.04 Å². The first-order valence-electron chi connectivity index (χ1n) is 6.05. The highest BCUT2D eigenvalue weighted by Crippen LogP contribution is 2.21. The van der Waals surface area contributed by atoms with Crippen molar-refractivity contribution in [3.8, 4) is 6.07 Å². The zero-order valence-electron chi connectivity index (χ0n) is 10.4. The second kappa shape index (κ2) is 5.65. The molecule has 1 heterocycles. The number of nitriles is 1. The van der Waals surface area contributed by atoms with Crippen molar-refractivity contribution in [1.82, 2.24) is 4.90 Å². The molecule has 0 radical (unpaired) electrons. The van der Waals surface area contributed by atoms with Crippen LogP contribution in [0.2, 0.25) is 0 Å². The minimum atomic E-state index is -0.163. The third kappa shape index (κ3) is 2.69. The van der Waals surface area contributed by atoms with Gasteiger partial charge < -0.3 is 4.74 Å². The van der Waals surface area contributed by atoms with Gasteiger partial charge in [0.15, 0.2) is 0 Å². The Hall–Kier alpha value is -1.86. The number of esters is 1. The minimum absolute atomic E-state index is 0.138. The molecule has 4 nitrogen and oxygen atoms in total. The molecule has 0 saturated carbocycles. The van der Waals surface area contributed by atoms with Crippen LogP contribution in [0.1, 0.15) is 24.0 Å². The quantitative estimate of drug-likeness (QED) is 0.759. The largest absolute Gasteiger partial charge is 0.468 e. The fraction of sp³-hybridized carbons (Fsp3) is 0.429. The third-order valence-electron chi connectivity index (χ3n) is 3.28. The second-order valence-corrected chi connectivity index (χ2v) is 4.46. The number of rotatable bonds is 3. The SMILES string of the molecule is COC(=O)C1CCCN1Cc1cccc(C#N)c1. The molecule has 1 saturated heterocycles. The Morgan fingerprint density at radius 1 is 1.61 bits per heavy atom. The number of benzene rings is 1. The van der Waals surface area contributed by atoms with Crippen molar-refractivity contribution in [2.45, 2.75) is 25.4 Å². The summed E-state index contributed by atoms with van der Waals surface area (Å²) >= 11 is 0. The fourth-order valence-corrected chi connectivity index (χ4v) is 2.39. The van der Waals surface area contributed by atoms with Gasteiger partial charge in [0.2, 0.25) is 0 Å². The number of hydrogen-bond donors (Lipinski definition) is 0. The average molecular weight is 244 g/mol. The van der Waals surface area contributed by atoms with E-state index in [9.17, 15) is 4.79 Å². The summed E-state index contributed by atoms with van der Waals surface area (Å²) in [5, 5.41) is 8.86. The summed E-state index contributed by atoms with van der Waals surface area (Å²) in [4.78, 5) is 13.7. The Labute approximate surface area is 107 Å². The van der Waals surface area contributed by atoms with Gasteiger partial charge in [-0.15, -0.1) is 0 Å². The van der Waals surface area contributed by atoms with E-state index < -0.39 is 0 Å². The maximum absolute atomic E-state index is 11.6. The van der Waals surface area contributed by atoms with E-state index in [1.54, 1.807) is 6.07 Å². The van der Waals surface area contributed by atoms with Gasteiger partial charge in [-0.25, -0.2) is 0 Å². The van der Waals surface area contributed by atoms with Crippen LogP contribution in [0.3, 0.4) is 0 Å². The molecule has 1 aliphatic rings. The van der Waals surface area contributed by atoms with Crippen LogP contribution in [0.15, 0.2) is 24.3 Å². The standard InChI is InChI=1S/C14H16N2O2/c1-18-14(17)13-6-3-7-16(13)10-12-5-2-4-11(8-12)9-15/h2,4-5,8,13H,3,6-7,10H2,1H3. The maximum Gasteiger partial charge on any atom is 0.323 e. The maximum atomic E-state index is 11.6. The van der Waals surface area contributed by atoms with Crippen molar-refractivity contribution >= 4 is 5.97 Å². The van der Waals surface area contributed by atoms with Gasteiger partial charge in [-0.1, -0.05) is 12.1 Å². The van der Waals surface area contributed by atoms with E-state index in [0.717, 1.165) is 24.9 Å². The van der Waals surface area contributed by atoms with Gasteiger partial charge in [0.05, 0.1) is 18.7 Å². The average Bonchev–Trinajstić information content (AvgIpc) is 2.86. The normalized spacial score (nSPS) is 19.4. The molecule has 1 atom stereocenters. The summed E-state index contributed by atoms with van der Waals surface area (Å²) in [5.74, 6) is -0.163. The highest BCUT2D eigenvalue weighted by molar-refractivity contribution is 5.75. The summed E-state index contributed by atoms with van der Waals surface area (Å²) in [6, 6.07) is 9.49. The number of carbonyl (C=O) groups excluding carboxylic acids is 1. The van der Waals surface area contributed by atoms with Crippen LogP contribution in [0.25, 0.3) is 0 Å². The molecule has 0 aromatic heterocycles. The molecule has 0 amide bonds. The van der Waals surface area contributed by atoms with Crippen molar-refractivity contribution in [3.63, 3.8) is 0 Å². The molecule has 1 unspecified atom stereocenters. The first kappa shape index (κ1) is 12.6. The molecule has 1 aromatic rings. The zero-order chi connectivity index (χ0) is 13.0. The van der Waals surface area contributed by atoms with Gasteiger partial charge in [0.25, 0.3) is 0 Å². The Bertz CT molecular complexity index is 479. The summed E-state index contributed by atoms with van der Waals surface area (Å²) in [6.07, 6.45) is 1.86. The fourth-order valence-electron chi connectivity index (χ4n) is 2.39. The molecule has 0 bridgehead atoms. The molecule has 0 aliphatic carbocycles. The van der Waals surface area contributed by atoms with Crippen LogP contribution in [-0.2, 0) is 16.1 Å². The Morgan fingerprint density at radius 2 is 2.44 bits per heavy atom. The molecule has 0 spiro atoms. The molecular weight excluding hydrogens is 228 g/mol. The molecular formula is C14H16N2O2. The van der Waals surface area contributed by atoms with E-state index in [4.69, 9.17) is 10.00 Å². The highest BCUT2D eigenvalue weighted by atomic mass is 16.5. The lowest BCUT2D eigenvalue weighted by Crippen LogP contribution is -2.36. The Kier molecular flexibility index (Phi) is 3.96. The van der Waals surface area contributed by atoms with Gasteiger partial charge >= 0.3 is 5.97 Å². The van der Waals surface area contributed by atoms with Gasteiger partial charge in [-0.05, 0) is 37.1 Å². The summed E-state index contributed by atoms with van der Waals surface area (Å²) in [6.45, 7) is 1.59. The monoisotopic (exact) mass is 244 g/mol. The topological polar surface area (TPSA) is 53.3 Å². The Morgan fingerprint density at radius 3 is 3.17 bits per heavy atom. The lowest BCUT2D eigenvalue weighted by atomic mass is 10.1. The molecule has 18 heavy (non-hydrogen) atoms. The molecule has 1 aliphatic heterocycles. The van der Waals surface area contributed by atoms with Crippen LogP contribution in [0.5, 0.6) is 0 Å². The summed E-state index contributed by atoms with van der Waals surface area (Å²) < 4.78 is 4.81. The summed E-state index contributed by atoms with van der Waals surface area (Å²) in [7, 11) is 1.43. The predicted octanol–water partition coefficient (Wildman–Crippen LogP) is 1.70. The first-order valence-corrected chi connectivity index (χ1v) is 6.05. The molecule has 1 fully saturated rings. The van der Waals surface area contributed by atoms with Gasteiger partial charge in [0, 0.05) is 6.54 Å².